The van der Waals surface area contributed by atoms with E-state index >= 15 is 0 Å². The first-order valence-electron chi connectivity index (χ1n) is 9.85. The second-order valence-electron chi connectivity index (χ2n) is 7.39. The number of carbonyl (C=O) groups excluding carboxylic acids is 1. The van der Waals surface area contributed by atoms with Gasteiger partial charge in [0.2, 0.25) is 5.95 Å². The maximum atomic E-state index is 12.5. The summed E-state index contributed by atoms with van der Waals surface area (Å²) in [4.78, 5) is 27.9. The highest BCUT2D eigenvalue weighted by molar-refractivity contribution is 5.87. The molecule has 8 nitrogen and oxygen atoms in total. The number of hydrogen-bond acceptors (Lipinski definition) is 5. The Morgan fingerprint density at radius 2 is 2.11 bits per heavy atom. The average molecular weight is 369 g/mol. The zero-order valence-corrected chi connectivity index (χ0v) is 15.9. The predicted octanol–water partition coefficient (Wildman–Crippen LogP) is 3.27. The van der Waals surface area contributed by atoms with Crippen molar-refractivity contribution in [3.63, 3.8) is 0 Å². The maximum absolute atomic E-state index is 12.5. The molecule has 2 unspecified atom stereocenters. The monoisotopic (exact) mass is 369 g/mol. The summed E-state index contributed by atoms with van der Waals surface area (Å²) >= 11 is 0. The molecule has 1 aliphatic heterocycles. The number of amides is 2. The van der Waals surface area contributed by atoms with Crippen LogP contribution in [0.3, 0.4) is 0 Å². The van der Waals surface area contributed by atoms with Gasteiger partial charge in [0.15, 0.2) is 0 Å². The van der Waals surface area contributed by atoms with Gasteiger partial charge in [-0.25, -0.2) is 14.8 Å². The SMILES string of the molecule is CCN(c1ccnc(NC(=O)NC2CC(C)n3ccnc32)n1)C1CCCC1. The van der Waals surface area contributed by atoms with Gasteiger partial charge in [-0.2, -0.15) is 4.98 Å². The number of hydrogen-bond donors (Lipinski definition) is 2. The molecule has 144 valence electrons. The molecule has 0 aromatic carbocycles. The van der Waals surface area contributed by atoms with Crippen LogP contribution in [0.5, 0.6) is 0 Å². The van der Waals surface area contributed by atoms with Crippen LogP contribution in [0.2, 0.25) is 0 Å². The standard InChI is InChI=1S/C19H27N7O/c1-3-25(14-6-4-5-7-14)16-8-9-21-18(23-16)24-19(27)22-15-12-13(2)26-11-10-20-17(15)26/h8-11,13-15H,3-7,12H2,1-2H3,(H2,21,22,23,24,27). The van der Waals surface area contributed by atoms with Crippen molar-refractivity contribution in [3.8, 4) is 0 Å². The average Bonchev–Trinajstić information content (AvgIpc) is 3.38. The van der Waals surface area contributed by atoms with Crippen molar-refractivity contribution in [2.75, 3.05) is 16.8 Å². The molecule has 4 rings (SSSR count). The highest BCUT2D eigenvalue weighted by atomic mass is 16.2. The number of imidazole rings is 1. The van der Waals surface area contributed by atoms with Crippen molar-refractivity contribution in [1.29, 1.82) is 0 Å². The fourth-order valence-corrected chi connectivity index (χ4v) is 4.34. The minimum Gasteiger partial charge on any atom is -0.354 e. The highest BCUT2D eigenvalue weighted by Crippen LogP contribution is 2.32. The minimum atomic E-state index is -0.301. The van der Waals surface area contributed by atoms with Gasteiger partial charge < -0.3 is 14.8 Å². The topological polar surface area (TPSA) is 88.0 Å². The van der Waals surface area contributed by atoms with Crippen LogP contribution in [0, 0.1) is 0 Å². The lowest BCUT2D eigenvalue weighted by atomic mass is 10.2. The van der Waals surface area contributed by atoms with Crippen molar-refractivity contribution >= 4 is 17.8 Å². The molecule has 1 saturated carbocycles. The lowest BCUT2D eigenvalue weighted by Crippen LogP contribution is -2.35. The zero-order valence-electron chi connectivity index (χ0n) is 15.9. The van der Waals surface area contributed by atoms with Crippen molar-refractivity contribution in [1.82, 2.24) is 24.8 Å². The van der Waals surface area contributed by atoms with E-state index in [0.717, 1.165) is 24.6 Å². The first-order chi connectivity index (χ1) is 13.2. The molecule has 2 N–H and O–H groups in total. The summed E-state index contributed by atoms with van der Waals surface area (Å²) in [6, 6.07) is 2.39. The molecule has 2 aromatic heterocycles. The molecule has 1 fully saturated rings. The first-order valence-corrected chi connectivity index (χ1v) is 9.85. The van der Waals surface area contributed by atoms with Gasteiger partial charge in [-0.1, -0.05) is 12.8 Å². The van der Waals surface area contributed by atoms with Crippen molar-refractivity contribution in [3.05, 3.63) is 30.5 Å². The summed E-state index contributed by atoms with van der Waals surface area (Å²) < 4.78 is 2.10. The Labute approximate surface area is 159 Å². The molecule has 3 heterocycles. The number of rotatable bonds is 5. The van der Waals surface area contributed by atoms with Crippen LogP contribution in [0.4, 0.5) is 16.6 Å². The van der Waals surface area contributed by atoms with Crippen LogP contribution < -0.4 is 15.5 Å². The smallest absolute Gasteiger partial charge is 0.322 e. The first kappa shape index (κ1) is 17.8. The number of anilines is 2. The van der Waals surface area contributed by atoms with Crippen LogP contribution in [-0.2, 0) is 0 Å². The van der Waals surface area contributed by atoms with E-state index in [9.17, 15) is 4.79 Å². The van der Waals surface area contributed by atoms with Gasteiger partial charge in [0.05, 0.1) is 6.04 Å². The molecule has 2 atom stereocenters. The highest BCUT2D eigenvalue weighted by Gasteiger charge is 2.30. The number of urea groups is 1. The molecule has 0 radical (unpaired) electrons. The van der Waals surface area contributed by atoms with E-state index in [-0.39, 0.29) is 12.1 Å². The lowest BCUT2D eigenvalue weighted by Gasteiger charge is -2.28. The summed E-state index contributed by atoms with van der Waals surface area (Å²) in [6.45, 7) is 5.17. The second-order valence-corrected chi connectivity index (χ2v) is 7.39. The summed E-state index contributed by atoms with van der Waals surface area (Å²) in [5.74, 6) is 2.10. The molecule has 1 aliphatic carbocycles. The van der Waals surface area contributed by atoms with Gasteiger partial charge in [0, 0.05) is 37.2 Å². The summed E-state index contributed by atoms with van der Waals surface area (Å²) in [6.07, 6.45) is 11.2. The molecule has 0 spiro atoms. The van der Waals surface area contributed by atoms with Crippen molar-refractivity contribution in [2.24, 2.45) is 0 Å². The number of nitrogens with one attached hydrogen (secondary N) is 2. The molecule has 2 amide bonds. The second kappa shape index (κ2) is 7.54. The third-order valence-corrected chi connectivity index (χ3v) is 5.63. The molecule has 8 heteroatoms. The van der Waals surface area contributed by atoms with Crippen LogP contribution in [-0.4, -0.2) is 38.1 Å². The molecule has 2 aromatic rings. The lowest BCUT2D eigenvalue weighted by molar-refractivity contribution is 0.248. The fourth-order valence-electron chi connectivity index (χ4n) is 4.34. The number of carbonyl (C=O) groups is 1. The third kappa shape index (κ3) is 3.61. The molecule has 27 heavy (non-hydrogen) atoms. The van der Waals surface area contributed by atoms with Gasteiger partial charge in [-0.15, -0.1) is 0 Å². The molecule has 0 bridgehead atoms. The van der Waals surface area contributed by atoms with E-state index in [0.29, 0.717) is 18.0 Å². The Morgan fingerprint density at radius 3 is 2.89 bits per heavy atom. The van der Waals surface area contributed by atoms with Gasteiger partial charge in [0.25, 0.3) is 0 Å². The van der Waals surface area contributed by atoms with Crippen LogP contribution in [0.15, 0.2) is 24.7 Å². The van der Waals surface area contributed by atoms with Gasteiger partial charge in [-0.3, -0.25) is 5.32 Å². The molecule has 0 saturated heterocycles. The maximum Gasteiger partial charge on any atom is 0.322 e. The Balaban J connectivity index is 1.41. The summed E-state index contributed by atoms with van der Waals surface area (Å²) in [5.41, 5.74) is 0. The Hall–Kier alpha value is -2.64. The third-order valence-electron chi connectivity index (χ3n) is 5.63. The molecular formula is C19H27N7O. The van der Waals surface area contributed by atoms with Gasteiger partial charge in [0.1, 0.15) is 11.6 Å². The largest absolute Gasteiger partial charge is 0.354 e. The summed E-state index contributed by atoms with van der Waals surface area (Å²) in [7, 11) is 0. The van der Waals surface area contributed by atoms with Crippen LogP contribution in [0.1, 0.15) is 63.9 Å². The van der Waals surface area contributed by atoms with E-state index in [4.69, 9.17) is 0 Å². The van der Waals surface area contributed by atoms with Crippen LogP contribution >= 0.6 is 0 Å². The zero-order chi connectivity index (χ0) is 18.8. The number of nitrogens with zero attached hydrogens (tertiary/aromatic N) is 5. The van der Waals surface area contributed by atoms with Gasteiger partial charge >= 0.3 is 6.03 Å². The minimum absolute atomic E-state index is 0.0937. The normalized spacial score (nSPS) is 21.9. The fraction of sp³-hybridized carbons (Fsp3) is 0.579. The Kier molecular flexibility index (Phi) is 4.96. The number of fused-ring (bicyclic) bond motifs is 1. The van der Waals surface area contributed by atoms with E-state index < -0.39 is 0 Å². The van der Waals surface area contributed by atoms with E-state index in [1.54, 1.807) is 12.4 Å². The van der Waals surface area contributed by atoms with E-state index in [1.165, 1.54) is 25.7 Å². The Morgan fingerprint density at radius 1 is 1.30 bits per heavy atom. The van der Waals surface area contributed by atoms with Gasteiger partial charge in [-0.05, 0) is 39.2 Å². The predicted molar refractivity (Wildman–Crippen MR) is 104 cm³/mol. The summed E-state index contributed by atoms with van der Waals surface area (Å²) in [5, 5.41) is 5.77. The Bertz CT molecular complexity index is 799. The molecular weight excluding hydrogens is 342 g/mol. The van der Waals surface area contributed by atoms with Crippen molar-refractivity contribution < 1.29 is 4.79 Å². The molecule has 2 aliphatic rings. The number of aromatic nitrogens is 4. The quantitative estimate of drug-likeness (QED) is 0.844. The van der Waals surface area contributed by atoms with E-state index in [2.05, 4.69) is 48.9 Å². The van der Waals surface area contributed by atoms with Crippen LogP contribution in [0.25, 0.3) is 0 Å². The van der Waals surface area contributed by atoms with Crippen molar-refractivity contribution in [2.45, 2.75) is 64.1 Å². The van der Waals surface area contributed by atoms with E-state index in [1.807, 2.05) is 12.3 Å².